The molecule has 5 heteroatoms. The predicted molar refractivity (Wildman–Crippen MR) is 128 cm³/mol. The Morgan fingerprint density at radius 2 is 1.77 bits per heavy atom. The summed E-state index contributed by atoms with van der Waals surface area (Å²) >= 11 is 1.72. The number of pyridine rings is 1. The molecule has 150 valence electrons. The van der Waals surface area contributed by atoms with Crippen molar-refractivity contribution in [3.05, 3.63) is 107 Å². The summed E-state index contributed by atoms with van der Waals surface area (Å²) in [6.07, 6.45) is 5.88. The van der Waals surface area contributed by atoms with Crippen LogP contribution in [0, 0.1) is 0 Å². The van der Waals surface area contributed by atoms with Crippen LogP contribution < -0.4 is 5.32 Å². The molecule has 5 rings (SSSR count). The van der Waals surface area contributed by atoms with E-state index in [0.29, 0.717) is 0 Å². The minimum absolute atomic E-state index is 0.174. The number of nitrogens with zero attached hydrogens (tertiary/aromatic N) is 2. The fraction of sp³-hybridized carbons (Fsp3) is 0.0385. The van der Waals surface area contributed by atoms with Crippen molar-refractivity contribution in [1.29, 1.82) is 0 Å². The highest BCUT2D eigenvalue weighted by Gasteiger charge is 2.05. The smallest absolute Gasteiger partial charge is 0.248 e. The summed E-state index contributed by atoms with van der Waals surface area (Å²) in [6, 6.07) is 25.9. The first-order valence-corrected chi connectivity index (χ1v) is 10.8. The molecular formula is C26H19N3OS. The highest BCUT2D eigenvalue weighted by molar-refractivity contribution is 7.18. The number of fused-ring (bicyclic) bond motifs is 2. The molecule has 0 aliphatic rings. The van der Waals surface area contributed by atoms with Gasteiger partial charge in [0, 0.05) is 35.3 Å². The number of carbonyl (C=O) groups is 1. The summed E-state index contributed by atoms with van der Waals surface area (Å²) in [7, 11) is 0. The van der Waals surface area contributed by atoms with Crippen LogP contribution in [0.15, 0.2) is 91.1 Å². The normalized spacial score (nSPS) is 11.4. The molecule has 0 bridgehead atoms. The van der Waals surface area contributed by atoms with Crippen molar-refractivity contribution in [3.8, 4) is 0 Å². The van der Waals surface area contributed by atoms with Gasteiger partial charge in [0.2, 0.25) is 5.91 Å². The van der Waals surface area contributed by atoms with Crippen molar-refractivity contribution in [2.45, 2.75) is 6.42 Å². The number of para-hydroxylation sites is 2. The average Bonchev–Trinajstić information content (AvgIpc) is 3.21. The van der Waals surface area contributed by atoms with E-state index in [0.717, 1.165) is 44.7 Å². The van der Waals surface area contributed by atoms with Crippen molar-refractivity contribution in [2.75, 3.05) is 5.32 Å². The van der Waals surface area contributed by atoms with Crippen LogP contribution in [0.25, 0.3) is 27.2 Å². The zero-order valence-electron chi connectivity index (χ0n) is 16.7. The third kappa shape index (κ3) is 4.37. The van der Waals surface area contributed by atoms with E-state index in [1.54, 1.807) is 29.7 Å². The number of amides is 1. The third-order valence-corrected chi connectivity index (χ3v) is 6.03. The Morgan fingerprint density at radius 3 is 2.65 bits per heavy atom. The summed E-state index contributed by atoms with van der Waals surface area (Å²) in [6.45, 7) is 0. The highest BCUT2D eigenvalue weighted by Crippen LogP contribution is 2.24. The van der Waals surface area contributed by atoms with Gasteiger partial charge in [0.25, 0.3) is 0 Å². The van der Waals surface area contributed by atoms with E-state index in [9.17, 15) is 4.79 Å². The van der Waals surface area contributed by atoms with Gasteiger partial charge in [-0.3, -0.25) is 9.78 Å². The lowest BCUT2D eigenvalue weighted by Crippen LogP contribution is -2.07. The number of nitrogens with one attached hydrogen (secondary N) is 1. The van der Waals surface area contributed by atoms with Gasteiger partial charge in [-0.05, 0) is 42.0 Å². The molecule has 2 aromatic heterocycles. The number of benzene rings is 3. The number of thiazole rings is 1. The number of anilines is 1. The Labute approximate surface area is 183 Å². The Bertz CT molecular complexity index is 1370. The van der Waals surface area contributed by atoms with Crippen LogP contribution in [0.4, 0.5) is 5.69 Å². The maximum Gasteiger partial charge on any atom is 0.248 e. The SMILES string of the molecule is O=C(/C=C/c1cccc2cccnc12)Nc1ccc(Cc2nc3ccccc3s2)cc1. The quantitative estimate of drug-likeness (QED) is 0.350. The second-order valence-corrected chi connectivity index (χ2v) is 8.31. The lowest BCUT2D eigenvalue weighted by molar-refractivity contribution is -0.111. The van der Waals surface area contributed by atoms with Crippen LogP contribution in [-0.2, 0) is 11.2 Å². The first-order valence-electron chi connectivity index (χ1n) is 10.0. The Morgan fingerprint density at radius 1 is 0.935 bits per heavy atom. The van der Waals surface area contributed by atoms with Crippen molar-refractivity contribution >= 4 is 50.1 Å². The van der Waals surface area contributed by atoms with Crippen molar-refractivity contribution in [3.63, 3.8) is 0 Å². The molecule has 0 spiro atoms. The Hall–Kier alpha value is -3.83. The topological polar surface area (TPSA) is 54.9 Å². The number of rotatable bonds is 5. The molecule has 0 radical (unpaired) electrons. The summed E-state index contributed by atoms with van der Waals surface area (Å²) in [5, 5.41) is 5.05. The van der Waals surface area contributed by atoms with Gasteiger partial charge in [0.05, 0.1) is 20.7 Å². The number of carbonyl (C=O) groups excluding carboxylic acids is 1. The molecule has 3 aromatic carbocycles. The average molecular weight is 422 g/mol. The maximum absolute atomic E-state index is 12.4. The van der Waals surface area contributed by atoms with E-state index in [2.05, 4.69) is 21.4 Å². The fourth-order valence-corrected chi connectivity index (χ4v) is 4.49. The molecule has 0 unspecified atom stereocenters. The third-order valence-electron chi connectivity index (χ3n) is 4.99. The maximum atomic E-state index is 12.4. The minimum Gasteiger partial charge on any atom is -0.323 e. The van der Waals surface area contributed by atoms with E-state index in [-0.39, 0.29) is 5.91 Å². The molecule has 1 amide bonds. The van der Waals surface area contributed by atoms with Crippen LogP contribution in [0.1, 0.15) is 16.1 Å². The molecule has 1 N–H and O–H groups in total. The van der Waals surface area contributed by atoms with E-state index in [1.807, 2.05) is 72.8 Å². The van der Waals surface area contributed by atoms with E-state index in [4.69, 9.17) is 0 Å². The van der Waals surface area contributed by atoms with Crippen LogP contribution in [0.5, 0.6) is 0 Å². The van der Waals surface area contributed by atoms with Gasteiger partial charge in [-0.15, -0.1) is 11.3 Å². The molecule has 0 aliphatic carbocycles. The first-order chi connectivity index (χ1) is 15.2. The fourth-order valence-electron chi connectivity index (χ4n) is 3.49. The standard InChI is InChI=1S/C26H19N3OS/c30-24(15-12-20-6-3-5-19-7-4-16-27-26(19)20)28-21-13-10-18(11-14-21)17-25-29-22-8-1-2-9-23(22)31-25/h1-16H,17H2,(H,28,30)/b15-12+. The largest absolute Gasteiger partial charge is 0.323 e. The van der Waals surface area contributed by atoms with E-state index < -0.39 is 0 Å². The van der Waals surface area contributed by atoms with E-state index in [1.165, 1.54) is 4.70 Å². The van der Waals surface area contributed by atoms with E-state index >= 15 is 0 Å². The van der Waals surface area contributed by atoms with Gasteiger partial charge >= 0.3 is 0 Å². The summed E-state index contributed by atoms with van der Waals surface area (Å²) in [5.41, 5.74) is 4.76. The molecule has 0 atom stereocenters. The molecule has 4 nitrogen and oxygen atoms in total. The van der Waals surface area contributed by atoms with Gasteiger partial charge in [0.15, 0.2) is 0 Å². The van der Waals surface area contributed by atoms with Crippen LogP contribution in [0.3, 0.4) is 0 Å². The lowest BCUT2D eigenvalue weighted by Gasteiger charge is -2.04. The number of hydrogen-bond acceptors (Lipinski definition) is 4. The zero-order chi connectivity index (χ0) is 21.0. The molecule has 0 aliphatic heterocycles. The summed E-state index contributed by atoms with van der Waals surface area (Å²) < 4.78 is 1.20. The Kier molecular flexibility index (Phi) is 5.25. The van der Waals surface area contributed by atoms with Crippen molar-refractivity contribution in [1.82, 2.24) is 9.97 Å². The second-order valence-electron chi connectivity index (χ2n) is 7.19. The van der Waals surface area contributed by atoms with Crippen LogP contribution in [-0.4, -0.2) is 15.9 Å². The van der Waals surface area contributed by atoms with Crippen LogP contribution in [0.2, 0.25) is 0 Å². The monoisotopic (exact) mass is 421 g/mol. The minimum atomic E-state index is -0.174. The molecule has 0 saturated heterocycles. The second kappa shape index (κ2) is 8.50. The summed E-state index contributed by atoms with van der Waals surface area (Å²) in [4.78, 5) is 21.5. The van der Waals surface area contributed by atoms with Gasteiger partial charge in [0.1, 0.15) is 0 Å². The number of aromatic nitrogens is 2. The predicted octanol–water partition coefficient (Wildman–Crippen LogP) is 6.09. The molecule has 5 aromatic rings. The lowest BCUT2D eigenvalue weighted by atomic mass is 10.1. The zero-order valence-corrected chi connectivity index (χ0v) is 17.5. The Balaban J connectivity index is 1.24. The molecule has 2 heterocycles. The van der Waals surface area contributed by atoms with Gasteiger partial charge in [-0.25, -0.2) is 4.98 Å². The van der Waals surface area contributed by atoms with Crippen LogP contribution >= 0.6 is 11.3 Å². The molecular weight excluding hydrogens is 402 g/mol. The van der Waals surface area contributed by atoms with Gasteiger partial charge < -0.3 is 5.32 Å². The molecule has 0 fully saturated rings. The first kappa shape index (κ1) is 19.2. The van der Waals surface area contributed by atoms with Crippen molar-refractivity contribution < 1.29 is 4.79 Å². The van der Waals surface area contributed by atoms with Gasteiger partial charge in [-0.1, -0.05) is 48.5 Å². The van der Waals surface area contributed by atoms with Crippen molar-refractivity contribution in [2.24, 2.45) is 0 Å². The number of hydrogen-bond donors (Lipinski definition) is 1. The van der Waals surface area contributed by atoms with Gasteiger partial charge in [-0.2, -0.15) is 0 Å². The molecule has 31 heavy (non-hydrogen) atoms. The summed E-state index contributed by atoms with van der Waals surface area (Å²) in [5.74, 6) is -0.174. The molecule has 0 saturated carbocycles. The highest BCUT2D eigenvalue weighted by atomic mass is 32.1.